The summed E-state index contributed by atoms with van der Waals surface area (Å²) in [7, 11) is 0. The zero-order valence-corrected chi connectivity index (χ0v) is 13.1. The fourth-order valence-corrected chi connectivity index (χ4v) is 2.81. The molecule has 0 fully saturated rings. The maximum atomic E-state index is 12.4. The third-order valence-electron chi connectivity index (χ3n) is 3.89. The van der Waals surface area contributed by atoms with Crippen LogP contribution in [-0.4, -0.2) is 41.9 Å². The molecular formula is C15H14N6O3. The third kappa shape index (κ3) is 1.84. The second-order valence-corrected chi connectivity index (χ2v) is 5.21. The molecule has 0 aromatic carbocycles. The molecule has 0 aliphatic rings. The molecule has 4 heterocycles. The van der Waals surface area contributed by atoms with E-state index in [4.69, 9.17) is 4.74 Å². The largest absolute Gasteiger partial charge is 0.462 e. The van der Waals surface area contributed by atoms with Crippen LogP contribution >= 0.6 is 0 Å². The first-order valence-electron chi connectivity index (χ1n) is 7.57. The second kappa shape index (κ2) is 5.15. The quantitative estimate of drug-likeness (QED) is 0.565. The lowest BCUT2D eigenvalue weighted by atomic mass is 10.2. The van der Waals surface area contributed by atoms with E-state index in [0.717, 1.165) is 0 Å². The van der Waals surface area contributed by atoms with Gasteiger partial charge in [0.25, 0.3) is 5.56 Å². The highest BCUT2D eigenvalue weighted by Crippen LogP contribution is 2.22. The van der Waals surface area contributed by atoms with Crippen molar-refractivity contribution in [3.8, 4) is 0 Å². The molecule has 1 N–H and O–H groups in total. The van der Waals surface area contributed by atoms with E-state index in [2.05, 4.69) is 20.2 Å². The zero-order valence-electron chi connectivity index (χ0n) is 13.1. The predicted molar refractivity (Wildman–Crippen MR) is 86.0 cm³/mol. The lowest BCUT2D eigenvalue weighted by molar-refractivity contribution is 0.0528. The summed E-state index contributed by atoms with van der Waals surface area (Å²) < 4.78 is 8.27. The molecule has 0 aliphatic heterocycles. The average molecular weight is 326 g/mol. The smallest absolute Gasteiger partial charge is 0.343 e. The van der Waals surface area contributed by atoms with Gasteiger partial charge in [-0.2, -0.15) is 10.2 Å². The molecular weight excluding hydrogens is 312 g/mol. The van der Waals surface area contributed by atoms with Crippen molar-refractivity contribution in [2.45, 2.75) is 20.4 Å². The van der Waals surface area contributed by atoms with Crippen molar-refractivity contribution in [2.24, 2.45) is 0 Å². The molecule has 4 aromatic heterocycles. The molecule has 0 unspecified atom stereocenters. The number of aryl methyl sites for hydroxylation is 1. The molecule has 0 saturated heterocycles. The van der Waals surface area contributed by atoms with E-state index in [1.165, 1.54) is 16.9 Å². The average Bonchev–Trinajstić information content (AvgIpc) is 3.18. The molecule has 9 heteroatoms. The van der Waals surface area contributed by atoms with Crippen molar-refractivity contribution in [1.82, 2.24) is 29.4 Å². The molecule has 0 amide bonds. The minimum Gasteiger partial charge on any atom is -0.462 e. The van der Waals surface area contributed by atoms with Crippen LogP contribution in [0.2, 0.25) is 0 Å². The van der Waals surface area contributed by atoms with Crippen LogP contribution in [0.1, 0.15) is 24.2 Å². The van der Waals surface area contributed by atoms with E-state index >= 15 is 0 Å². The van der Waals surface area contributed by atoms with Gasteiger partial charge in [0.05, 0.1) is 35.3 Å². The molecule has 0 spiro atoms. The van der Waals surface area contributed by atoms with E-state index in [9.17, 15) is 9.59 Å². The van der Waals surface area contributed by atoms with Crippen LogP contribution in [-0.2, 0) is 11.3 Å². The maximum Gasteiger partial charge on any atom is 0.343 e. The minimum absolute atomic E-state index is 0.212. The SMILES string of the molecule is CCOC(=O)c1cnn2c1[nH]c(=O)c1cnc3c(cnn3CC)c12. The number of pyridine rings is 1. The Kier molecular flexibility index (Phi) is 3.08. The first-order valence-corrected chi connectivity index (χ1v) is 7.57. The van der Waals surface area contributed by atoms with Crippen molar-refractivity contribution >= 4 is 33.6 Å². The van der Waals surface area contributed by atoms with Crippen molar-refractivity contribution in [1.29, 1.82) is 0 Å². The first kappa shape index (κ1) is 14.4. The van der Waals surface area contributed by atoms with Gasteiger partial charge in [-0.15, -0.1) is 0 Å². The number of esters is 1. The van der Waals surface area contributed by atoms with Crippen LogP contribution in [0.3, 0.4) is 0 Å². The van der Waals surface area contributed by atoms with Crippen LogP contribution in [0.15, 0.2) is 23.4 Å². The molecule has 0 aliphatic carbocycles. The highest BCUT2D eigenvalue weighted by Gasteiger charge is 2.19. The second-order valence-electron chi connectivity index (χ2n) is 5.21. The van der Waals surface area contributed by atoms with Gasteiger partial charge >= 0.3 is 5.97 Å². The van der Waals surface area contributed by atoms with Crippen molar-refractivity contribution in [3.05, 3.63) is 34.5 Å². The molecule has 4 aromatic rings. The highest BCUT2D eigenvalue weighted by molar-refractivity contribution is 6.04. The number of ether oxygens (including phenoxy) is 1. The predicted octanol–water partition coefficient (Wildman–Crippen LogP) is 1.12. The van der Waals surface area contributed by atoms with E-state index in [0.29, 0.717) is 34.1 Å². The van der Waals surface area contributed by atoms with Crippen molar-refractivity contribution < 1.29 is 9.53 Å². The Balaban J connectivity index is 2.15. The molecule has 122 valence electrons. The van der Waals surface area contributed by atoms with Crippen molar-refractivity contribution in [2.75, 3.05) is 6.61 Å². The van der Waals surface area contributed by atoms with Crippen LogP contribution < -0.4 is 5.56 Å². The Morgan fingerprint density at radius 3 is 2.79 bits per heavy atom. The molecule has 0 bridgehead atoms. The number of nitrogens with zero attached hydrogens (tertiary/aromatic N) is 5. The first-order chi connectivity index (χ1) is 11.7. The zero-order chi connectivity index (χ0) is 16.8. The van der Waals surface area contributed by atoms with E-state index in [1.54, 1.807) is 17.8 Å². The van der Waals surface area contributed by atoms with Gasteiger partial charge in [0.15, 0.2) is 11.3 Å². The summed E-state index contributed by atoms with van der Waals surface area (Å²) in [5, 5.41) is 9.62. The van der Waals surface area contributed by atoms with Crippen molar-refractivity contribution in [3.63, 3.8) is 0 Å². The summed E-state index contributed by atoms with van der Waals surface area (Å²) in [5.41, 5.74) is 1.38. The number of hydrogen-bond acceptors (Lipinski definition) is 6. The van der Waals surface area contributed by atoms with Gasteiger partial charge in [0.1, 0.15) is 5.56 Å². The van der Waals surface area contributed by atoms with E-state index in [-0.39, 0.29) is 17.7 Å². The third-order valence-corrected chi connectivity index (χ3v) is 3.89. The number of hydrogen-bond donors (Lipinski definition) is 1. The summed E-state index contributed by atoms with van der Waals surface area (Å²) in [5.74, 6) is -0.531. The topological polar surface area (TPSA) is 107 Å². The van der Waals surface area contributed by atoms with Gasteiger partial charge in [-0.25, -0.2) is 19.0 Å². The van der Waals surface area contributed by atoms with E-state index < -0.39 is 5.97 Å². The number of H-pyrrole nitrogens is 1. The fraction of sp³-hybridized carbons (Fsp3) is 0.267. The normalized spacial score (nSPS) is 11.6. The van der Waals surface area contributed by atoms with Gasteiger partial charge in [0.2, 0.25) is 0 Å². The van der Waals surface area contributed by atoms with E-state index in [1.807, 2.05) is 6.92 Å². The van der Waals surface area contributed by atoms with Gasteiger partial charge in [-0.1, -0.05) is 0 Å². The number of carbonyl (C=O) groups excluding carboxylic acids is 1. The van der Waals surface area contributed by atoms with Crippen LogP contribution in [0, 0.1) is 0 Å². The van der Waals surface area contributed by atoms with Gasteiger partial charge in [-0.05, 0) is 13.8 Å². The van der Waals surface area contributed by atoms with Crippen LogP contribution in [0.5, 0.6) is 0 Å². The Labute approximate surface area is 134 Å². The van der Waals surface area contributed by atoms with Gasteiger partial charge in [-0.3, -0.25) is 4.79 Å². The fourth-order valence-electron chi connectivity index (χ4n) is 2.81. The standard InChI is InChI=1S/C15H14N6O3/c1-3-20-12-8(6-17-20)11-9(5-16-12)14(22)19-13-10(7-18-21(11)13)15(23)24-4-2/h5-7H,3-4H2,1-2H3,(H,19,22). The molecule has 0 atom stereocenters. The molecule has 4 rings (SSSR count). The number of aromatic nitrogens is 6. The number of nitrogens with one attached hydrogen (secondary N) is 1. The summed E-state index contributed by atoms with van der Waals surface area (Å²) in [6.07, 6.45) is 4.54. The maximum absolute atomic E-state index is 12.4. The number of carbonyl (C=O) groups is 1. The minimum atomic E-state index is -0.531. The Morgan fingerprint density at radius 1 is 1.21 bits per heavy atom. The monoisotopic (exact) mass is 326 g/mol. The number of aromatic amines is 1. The Hall–Kier alpha value is -3.23. The number of rotatable bonds is 3. The Bertz CT molecular complexity index is 1150. The van der Waals surface area contributed by atoms with Gasteiger partial charge in [0, 0.05) is 12.7 Å². The molecule has 0 radical (unpaired) electrons. The van der Waals surface area contributed by atoms with Crippen LogP contribution in [0.25, 0.3) is 27.6 Å². The lowest BCUT2D eigenvalue weighted by Crippen LogP contribution is -2.13. The molecule has 0 saturated carbocycles. The highest BCUT2D eigenvalue weighted by atomic mass is 16.5. The summed E-state index contributed by atoms with van der Waals surface area (Å²) >= 11 is 0. The summed E-state index contributed by atoms with van der Waals surface area (Å²) in [6.45, 7) is 4.57. The lowest BCUT2D eigenvalue weighted by Gasteiger charge is -2.04. The van der Waals surface area contributed by atoms with Gasteiger partial charge < -0.3 is 9.72 Å². The molecule has 24 heavy (non-hydrogen) atoms. The number of fused-ring (bicyclic) bond motifs is 5. The Morgan fingerprint density at radius 2 is 2.04 bits per heavy atom. The van der Waals surface area contributed by atoms with Crippen LogP contribution in [0.4, 0.5) is 0 Å². The molecule has 9 nitrogen and oxygen atoms in total. The summed E-state index contributed by atoms with van der Waals surface area (Å²) in [6, 6.07) is 0. The summed E-state index contributed by atoms with van der Waals surface area (Å²) in [4.78, 5) is 31.5.